The first-order valence-electron chi connectivity index (χ1n) is 11.4. The lowest BCUT2D eigenvalue weighted by Crippen LogP contribution is -2.33. The molecule has 1 aromatic heterocycles. The second kappa shape index (κ2) is 10.7. The Labute approximate surface area is 207 Å². The molecular formula is C26H27N3O5S. The van der Waals surface area contributed by atoms with E-state index in [4.69, 9.17) is 9.84 Å². The Hall–Kier alpha value is -3.72. The molecule has 1 heterocycles. The van der Waals surface area contributed by atoms with Gasteiger partial charge in [-0.3, -0.25) is 9.59 Å². The standard InChI is InChI=1S/C26H27N3O5S/c1-3-29(13-12-23(30)31)25(32)24-16(2)35-22(28-24)14-27-26(33)34-15-21-19-10-6-4-8-17(19)18-9-5-7-11-20(18)21/h4-11,21H,3,12-15H2,1-2H3,(H,27,33)(H,30,31). The molecule has 0 bridgehead atoms. The SMILES string of the molecule is CCN(CCC(=O)O)C(=O)c1nc(CNC(=O)OCC2c3ccccc3-c3ccccc32)sc1C. The lowest BCUT2D eigenvalue weighted by atomic mass is 9.98. The molecule has 182 valence electrons. The van der Waals surface area contributed by atoms with Gasteiger partial charge < -0.3 is 20.1 Å². The molecule has 35 heavy (non-hydrogen) atoms. The molecular weight excluding hydrogens is 466 g/mol. The van der Waals surface area contributed by atoms with E-state index in [0.29, 0.717) is 16.4 Å². The Morgan fingerprint density at radius 3 is 2.31 bits per heavy atom. The number of aryl methyl sites for hydroxylation is 1. The molecule has 9 heteroatoms. The predicted molar refractivity (Wildman–Crippen MR) is 133 cm³/mol. The molecule has 4 rings (SSSR count). The maximum Gasteiger partial charge on any atom is 0.407 e. The number of amides is 2. The first-order valence-corrected chi connectivity index (χ1v) is 12.3. The van der Waals surface area contributed by atoms with Crippen molar-refractivity contribution in [2.24, 2.45) is 0 Å². The van der Waals surface area contributed by atoms with Crippen LogP contribution in [0.4, 0.5) is 4.79 Å². The highest BCUT2D eigenvalue weighted by molar-refractivity contribution is 7.11. The van der Waals surface area contributed by atoms with Crippen molar-refractivity contribution in [3.8, 4) is 11.1 Å². The topological polar surface area (TPSA) is 109 Å². The molecule has 1 aliphatic rings. The number of nitrogens with one attached hydrogen (secondary N) is 1. The van der Waals surface area contributed by atoms with Crippen LogP contribution in [-0.4, -0.2) is 52.7 Å². The fourth-order valence-electron chi connectivity index (χ4n) is 4.31. The van der Waals surface area contributed by atoms with Crippen LogP contribution in [0.2, 0.25) is 0 Å². The maximum absolute atomic E-state index is 12.8. The van der Waals surface area contributed by atoms with E-state index in [1.54, 1.807) is 13.8 Å². The highest BCUT2D eigenvalue weighted by Crippen LogP contribution is 2.44. The summed E-state index contributed by atoms with van der Waals surface area (Å²) in [6.07, 6.45) is -0.678. The molecule has 0 spiro atoms. The minimum absolute atomic E-state index is 0.0229. The average molecular weight is 494 g/mol. The van der Waals surface area contributed by atoms with Gasteiger partial charge in [0.2, 0.25) is 0 Å². The number of thiazole rings is 1. The Balaban J connectivity index is 1.34. The van der Waals surface area contributed by atoms with Crippen LogP contribution in [0.5, 0.6) is 0 Å². The Morgan fingerprint density at radius 1 is 1.09 bits per heavy atom. The number of benzene rings is 2. The van der Waals surface area contributed by atoms with Crippen LogP contribution < -0.4 is 5.32 Å². The third-order valence-electron chi connectivity index (χ3n) is 6.04. The average Bonchev–Trinajstić information content (AvgIpc) is 3.39. The number of rotatable bonds is 9. The Bertz CT molecular complexity index is 1210. The quantitative estimate of drug-likeness (QED) is 0.457. The lowest BCUT2D eigenvalue weighted by molar-refractivity contribution is -0.137. The van der Waals surface area contributed by atoms with Gasteiger partial charge in [-0.2, -0.15) is 0 Å². The minimum Gasteiger partial charge on any atom is -0.481 e. The summed E-state index contributed by atoms with van der Waals surface area (Å²) in [4.78, 5) is 42.6. The number of aliphatic carboxylic acids is 1. The number of carboxylic acid groups (broad SMARTS) is 1. The molecule has 2 N–H and O–H groups in total. The highest BCUT2D eigenvalue weighted by atomic mass is 32.1. The van der Waals surface area contributed by atoms with Gasteiger partial charge in [0.1, 0.15) is 17.3 Å². The number of carbonyl (C=O) groups is 3. The molecule has 0 saturated heterocycles. The molecule has 0 unspecified atom stereocenters. The van der Waals surface area contributed by atoms with Gasteiger partial charge in [-0.15, -0.1) is 11.3 Å². The normalized spacial score (nSPS) is 12.1. The number of carbonyl (C=O) groups excluding carboxylic acids is 2. The van der Waals surface area contributed by atoms with E-state index < -0.39 is 12.1 Å². The van der Waals surface area contributed by atoms with Gasteiger partial charge in [0.05, 0.1) is 13.0 Å². The first-order chi connectivity index (χ1) is 16.9. The number of nitrogens with zero attached hydrogens (tertiary/aromatic N) is 2. The van der Waals surface area contributed by atoms with Gasteiger partial charge in [0.25, 0.3) is 5.91 Å². The number of hydrogen-bond donors (Lipinski definition) is 2. The van der Waals surface area contributed by atoms with Crippen molar-refractivity contribution in [2.75, 3.05) is 19.7 Å². The molecule has 0 radical (unpaired) electrons. The van der Waals surface area contributed by atoms with Gasteiger partial charge in [0, 0.05) is 23.9 Å². The highest BCUT2D eigenvalue weighted by Gasteiger charge is 2.29. The van der Waals surface area contributed by atoms with Crippen molar-refractivity contribution >= 4 is 29.3 Å². The number of fused-ring (bicyclic) bond motifs is 3. The summed E-state index contributed by atoms with van der Waals surface area (Å²) in [5.41, 5.74) is 4.90. The number of alkyl carbamates (subject to hydrolysis) is 1. The van der Waals surface area contributed by atoms with Gasteiger partial charge in [0.15, 0.2) is 0 Å². The van der Waals surface area contributed by atoms with Crippen molar-refractivity contribution in [3.63, 3.8) is 0 Å². The van der Waals surface area contributed by atoms with Crippen molar-refractivity contribution in [3.05, 3.63) is 75.2 Å². The summed E-state index contributed by atoms with van der Waals surface area (Å²) in [5.74, 6) is -1.29. The number of hydrogen-bond acceptors (Lipinski definition) is 6. The van der Waals surface area contributed by atoms with Crippen LogP contribution in [0, 0.1) is 6.92 Å². The van der Waals surface area contributed by atoms with Crippen molar-refractivity contribution in [1.29, 1.82) is 0 Å². The maximum atomic E-state index is 12.8. The fourth-order valence-corrected chi connectivity index (χ4v) is 5.17. The number of carboxylic acids is 1. The van der Waals surface area contributed by atoms with Crippen LogP contribution >= 0.6 is 11.3 Å². The number of ether oxygens (including phenoxy) is 1. The molecule has 8 nitrogen and oxygen atoms in total. The third kappa shape index (κ3) is 5.35. The van der Waals surface area contributed by atoms with Crippen molar-refractivity contribution < 1.29 is 24.2 Å². The van der Waals surface area contributed by atoms with Crippen LogP contribution in [0.25, 0.3) is 11.1 Å². The summed E-state index contributed by atoms with van der Waals surface area (Å²) < 4.78 is 5.55. The van der Waals surface area contributed by atoms with Crippen LogP contribution in [0.1, 0.15) is 50.8 Å². The summed E-state index contributed by atoms with van der Waals surface area (Å²) in [5, 5.41) is 12.2. The summed E-state index contributed by atoms with van der Waals surface area (Å²) in [6.45, 7) is 4.44. The third-order valence-corrected chi connectivity index (χ3v) is 7.01. The second-order valence-corrected chi connectivity index (χ2v) is 9.51. The van der Waals surface area contributed by atoms with E-state index in [1.807, 2.05) is 24.3 Å². The van der Waals surface area contributed by atoms with Crippen molar-refractivity contribution in [1.82, 2.24) is 15.2 Å². The summed E-state index contributed by atoms with van der Waals surface area (Å²) in [6, 6.07) is 16.3. The zero-order chi connectivity index (χ0) is 24.9. The smallest absolute Gasteiger partial charge is 0.407 e. The molecule has 0 fully saturated rings. The van der Waals surface area contributed by atoms with Crippen LogP contribution in [-0.2, 0) is 16.1 Å². The molecule has 1 aliphatic carbocycles. The summed E-state index contributed by atoms with van der Waals surface area (Å²) in [7, 11) is 0. The van der Waals surface area contributed by atoms with Crippen LogP contribution in [0.3, 0.4) is 0 Å². The van der Waals surface area contributed by atoms with Gasteiger partial charge in [-0.1, -0.05) is 48.5 Å². The summed E-state index contributed by atoms with van der Waals surface area (Å²) >= 11 is 1.32. The van der Waals surface area contributed by atoms with Gasteiger partial charge in [-0.25, -0.2) is 9.78 Å². The Kier molecular flexibility index (Phi) is 7.45. The molecule has 3 aromatic rings. The van der Waals surface area contributed by atoms with E-state index in [-0.39, 0.29) is 43.6 Å². The molecule has 0 atom stereocenters. The number of aromatic nitrogens is 1. The van der Waals surface area contributed by atoms with E-state index in [2.05, 4.69) is 34.6 Å². The zero-order valence-electron chi connectivity index (χ0n) is 19.6. The van der Waals surface area contributed by atoms with E-state index in [1.165, 1.54) is 16.2 Å². The molecule has 2 amide bonds. The van der Waals surface area contributed by atoms with Crippen molar-refractivity contribution in [2.45, 2.75) is 32.7 Å². The monoisotopic (exact) mass is 493 g/mol. The molecule has 2 aromatic carbocycles. The fraction of sp³-hybridized carbons (Fsp3) is 0.308. The molecule has 0 aliphatic heterocycles. The first kappa shape index (κ1) is 24.4. The predicted octanol–water partition coefficient (Wildman–Crippen LogP) is 4.43. The largest absolute Gasteiger partial charge is 0.481 e. The van der Waals surface area contributed by atoms with Gasteiger partial charge in [-0.05, 0) is 36.1 Å². The van der Waals surface area contributed by atoms with Gasteiger partial charge >= 0.3 is 12.1 Å². The van der Waals surface area contributed by atoms with E-state index in [9.17, 15) is 14.4 Å². The lowest BCUT2D eigenvalue weighted by Gasteiger charge is -2.19. The second-order valence-electron chi connectivity index (χ2n) is 8.22. The van der Waals surface area contributed by atoms with E-state index in [0.717, 1.165) is 22.3 Å². The zero-order valence-corrected chi connectivity index (χ0v) is 20.4. The van der Waals surface area contributed by atoms with E-state index >= 15 is 0 Å². The minimum atomic E-state index is -0.959. The Morgan fingerprint density at radius 2 is 1.71 bits per heavy atom. The van der Waals surface area contributed by atoms with Crippen LogP contribution in [0.15, 0.2) is 48.5 Å². The molecule has 0 saturated carbocycles.